The predicted molar refractivity (Wildman–Crippen MR) is 88.3 cm³/mol. The fraction of sp³-hybridized carbons (Fsp3) is 0.412. The summed E-state index contributed by atoms with van der Waals surface area (Å²) >= 11 is 3.46. The van der Waals surface area contributed by atoms with Gasteiger partial charge >= 0.3 is 0 Å². The largest absolute Gasteiger partial charge is 0.310 e. The molecule has 1 heterocycles. The fourth-order valence-corrected chi connectivity index (χ4v) is 2.73. The van der Waals surface area contributed by atoms with Crippen molar-refractivity contribution < 1.29 is 0 Å². The molecule has 21 heavy (non-hydrogen) atoms. The Labute approximate surface area is 134 Å². The average Bonchev–Trinajstić information content (AvgIpc) is 3.25. The lowest BCUT2D eigenvalue weighted by atomic mass is 10.1. The van der Waals surface area contributed by atoms with E-state index < -0.39 is 0 Å². The first-order valence-corrected chi connectivity index (χ1v) is 8.22. The molecule has 3 nitrogen and oxygen atoms in total. The average molecular weight is 346 g/mol. The van der Waals surface area contributed by atoms with Crippen molar-refractivity contribution >= 4 is 15.9 Å². The number of nitrogens with zero attached hydrogens (tertiary/aromatic N) is 2. The summed E-state index contributed by atoms with van der Waals surface area (Å²) in [5.74, 6) is 0.905. The second-order valence-corrected chi connectivity index (χ2v) is 6.66. The molecule has 110 valence electrons. The molecule has 0 atom stereocenters. The van der Waals surface area contributed by atoms with Gasteiger partial charge in [0, 0.05) is 40.4 Å². The number of rotatable bonds is 5. The molecule has 0 amide bonds. The van der Waals surface area contributed by atoms with Gasteiger partial charge in [0.1, 0.15) is 5.82 Å². The van der Waals surface area contributed by atoms with Crippen molar-refractivity contribution in [3.8, 4) is 0 Å². The highest BCUT2D eigenvalue weighted by molar-refractivity contribution is 9.10. The van der Waals surface area contributed by atoms with Gasteiger partial charge in [-0.15, -0.1) is 0 Å². The topological polar surface area (TPSA) is 37.8 Å². The van der Waals surface area contributed by atoms with E-state index in [4.69, 9.17) is 0 Å². The lowest BCUT2D eigenvalue weighted by Gasteiger charge is -2.11. The Kier molecular flexibility index (Phi) is 4.36. The highest BCUT2D eigenvalue weighted by Crippen LogP contribution is 2.20. The maximum absolute atomic E-state index is 4.69. The quantitative estimate of drug-likeness (QED) is 0.897. The van der Waals surface area contributed by atoms with Gasteiger partial charge in [-0.2, -0.15) is 0 Å². The molecule has 0 saturated heterocycles. The van der Waals surface area contributed by atoms with Gasteiger partial charge < -0.3 is 5.32 Å². The van der Waals surface area contributed by atoms with Crippen molar-refractivity contribution in [3.05, 3.63) is 57.1 Å². The van der Waals surface area contributed by atoms with E-state index in [1.807, 2.05) is 0 Å². The second kappa shape index (κ2) is 6.24. The maximum Gasteiger partial charge on any atom is 0.133 e. The zero-order valence-electron chi connectivity index (χ0n) is 12.5. The summed E-state index contributed by atoms with van der Waals surface area (Å²) in [6, 6.07) is 9.05. The molecule has 1 saturated carbocycles. The van der Waals surface area contributed by atoms with Crippen molar-refractivity contribution in [2.75, 3.05) is 0 Å². The molecule has 1 aliphatic carbocycles. The van der Waals surface area contributed by atoms with E-state index in [9.17, 15) is 0 Å². The van der Waals surface area contributed by atoms with Crippen LogP contribution in [0.4, 0.5) is 0 Å². The Balaban J connectivity index is 1.75. The molecule has 4 heteroatoms. The van der Waals surface area contributed by atoms with Crippen LogP contribution in [0.5, 0.6) is 0 Å². The summed E-state index contributed by atoms with van der Waals surface area (Å²) in [7, 11) is 0. The zero-order chi connectivity index (χ0) is 14.8. The van der Waals surface area contributed by atoms with Gasteiger partial charge in [0.05, 0.1) is 0 Å². The van der Waals surface area contributed by atoms with Gasteiger partial charge in [0.15, 0.2) is 0 Å². The van der Waals surface area contributed by atoms with E-state index >= 15 is 0 Å². The molecule has 0 unspecified atom stereocenters. The number of aromatic nitrogens is 2. The number of aryl methyl sites for hydroxylation is 2. The molecule has 0 bridgehead atoms. The van der Waals surface area contributed by atoms with Gasteiger partial charge in [-0.3, -0.25) is 0 Å². The van der Waals surface area contributed by atoms with Crippen LogP contribution in [0.2, 0.25) is 0 Å². The summed E-state index contributed by atoms with van der Waals surface area (Å²) < 4.78 is 1.10. The smallest absolute Gasteiger partial charge is 0.133 e. The first kappa shape index (κ1) is 14.7. The third kappa shape index (κ3) is 3.89. The minimum Gasteiger partial charge on any atom is -0.310 e. The Morgan fingerprint density at radius 1 is 1.10 bits per heavy atom. The summed E-state index contributed by atoms with van der Waals surface area (Å²) in [6.45, 7) is 5.06. The molecule has 1 aliphatic rings. The van der Waals surface area contributed by atoms with E-state index in [1.165, 1.54) is 24.0 Å². The molecule has 0 spiro atoms. The molecule has 0 aliphatic heterocycles. The summed E-state index contributed by atoms with van der Waals surface area (Å²) in [5.41, 5.74) is 4.69. The first-order chi connectivity index (χ1) is 10.1. The van der Waals surface area contributed by atoms with Gasteiger partial charge in [-0.1, -0.05) is 28.1 Å². The molecule has 1 N–H and O–H groups in total. The Bertz CT molecular complexity index is 610. The molecular weight excluding hydrogens is 326 g/mol. The molecule has 1 aromatic heterocycles. The third-order valence-electron chi connectivity index (χ3n) is 3.89. The molecule has 2 aromatic rings. The number of halogens is 1. The van der Waals surface area contributed by atoms with Crippen LogP contribution in [0.25, 0.3) is 0 Å². The molecule has 0 radical (unpaired) electrons. The van der Waals surface area contributed by atoms with Crippen LogP contribution in [0.3, 0.4) is 0 Å². The minimum atomic E-state index is 0.714. The summed E-state index contributed by atoms with van der Waals surface area (Å²) in [4.78, 5) is 9.37. The molecular formula is C17H20BrN3. The molecule has 1 fully saturated rings. The lowest BCUT2D eigenvalue weighted by molar-refractivity contribution is 0.672. The van der Waals surface area contributed by atoms with E-state index in [2.05, 4.69) is 69.3 Å². The number of hydrogen-bond acceptors (Lipinski definition) is 3. The van der Waals surface area contributed by atoms with Crippen LogP contribution < -0.4 is 5.32 Å². The second-order valence-electron chi connectivity index (χ2n) is 5.75. The van der Waals surface area contributed by atoms with E-state index in [0.717, 1.165) is 34.7 Å². The van der Waals surface area contributed by atoms with Gasteiger partial charge in [0.2, 0.25) is 0 Å². The zero-order valence-corrected chi connectivity index (χ0v) is 14.1. The Hall–Kier alpha value is -1.26. The van der Waals surface area contributed by atoms with E-state index in [1.54, 1.807) is 0 Å². The van der Waals surface area contributed by atoms with Gasteiger partial charge in [0.25, 0.3) is 0 Å². The molecule has 1 aromatic carbocycles. The maximum atomic E-state index is 4.69. The van der Waals surface area contributed by atoms with Crippen LogP contribution in [0, 0.1) is 13.8 Å². The first-order valence-electron chi connectivity index (χ1n) is 7.42. The highest BCUT2D eigenvalue weighted by atomic mass is 79.9. The summed E-state index contributed by atoms with van der Waals surface area (Å²) in [6.07, 6.45) is 3.40. The Morgan fingerprint density at radius 2 is 1.71 bits per heavy atom. The lowest BCUT2D eigenvalue weighted by Crippen LogP contribution is -2.18. The highest BCUT2D eigenvalue weighted by Gasteiger charge is 2.21. The predicted octanol–water partition coefficient (Wildman–Crippen LogP) is 3.70. The van der Waals surface area contributed by atoms with Crippen molar-refractivity contribution in [2.24, 2.45) is 0 Å². The Morgan fingerprint density at radius 3 is 2.29 bits per heavy atom. The van der Waals surface area contributed by atoms with Gasteiger partial charge in [-0.25, -0.2) is 9.97 Å². The molecule has 3 rings (SSSR count). The van der Waals surface area contributed by atoms with Crippen LogP contribution >= 0.6 is 15.9 Å². The normalized spacial score (nSPS) is 14.4. The van der Waals surface area contributed by atoms with Gasteiger partial charge in [-0.05, 0) is 44.4 Å². The summed E-state index contributed by atoms with van der Waals surface area (Å²) in [5, 5.41) is 3.54. The van der Waals surface area contributed by atoms with Crippen LogP contribution in [0.15, 0.2) is 28.7 Å². The standard InChI is InChI=1S/C17H20BrN3/c1-11-16(10-19-15-7-8-15)12(2)21-17(20-11)9-13-3-5-14(18)6-4-13/h3-6,15,19H,7-10H2,1-2H3. The van der Waals surface area contributed by atoms with Crippen molar-refractivity contribution in [1.29, 1.82) is 0 Å². The SMILES string of the molecule is Cc1nc(Cc2ccc(Br)cc2)nc(C)c1CNC1CC1. The van der Waals surface area contributed by atoms with Crippen molar-refractivity contribution in [2.45, 2.75) is 45.7 Å². The number of nitrogens with one attached hydrogen (secondary N) is 1. The van der Waals surface area contributed by atoms with E-state index in [0.29, 0.717) is 6.04 Å². The number of hydrogen-bond donors (Lipinski definition) is 1. The van der Waals surface area contributed by atoms with Crippen molar-refractivity contribution in [3.63, 3.8) is 0 Å². The van der Waals surface area contributed by atoms with E-state index in [-0.39, 0.29) is 0 Å². The fourth-order valence-electron chi connectivity index (χ4n) is 2.46. The van der Waals surface area contributed by atoms with Crippen LogP contribution in [-0.4, -0.2) is 16.0 Å². The minimum absolute atomic E-state index is 0.714. The third-order valence-corrected chi connectivity index (χ3v) is 4.42. The van der Waals surface area contributed by atoms with Crippen LogP contribution in [-0.2, 0) is 13.0 Å². The van der Waals surface area contributed by atoms with Crippen molar-refractivity contribution in [1.82, 2.24) is 15.3 Å². The monoisotopic (exact) mass is 345 g/mol. The van der Waals surface area contributed by atoms with Crippen LogP contribution in [0.1, 0.15) is 41.2 Å². The number of benzene rings is 1.